The summed E-state index contributed by atoms with van der Waals surface area (Å²) in [5, 5.41) is 7.74. The first-order valence-electron chi connectivity index (χ1n) is 8.00. The van der Waals surface area contributed by atoms with Crippen LogP contribution in [0.2, 0.25) is 0 Å². The predicted molar refractivity (Wildman–Crippen MR) is 94.6 cm³/mol. The van der Waals surface area contributed by atoms with Crippen molar-refractivity contribution in [1.82, 2.24) is 19.8 Å². The van der Waals surface area contributed by atoms with Gasteiger partial charge in [0.2, 0.25) is 10.0 Å². The van der Waals surface area contributed by atoms with Crippen molar-refractivity contribution >= 4 is 22.4 Å². The van der Waals surface area contributed by atoms with E-state index in [0.717, 1.165) is 31.6 Å². The van der Waals surface area contributed by atoms with E-state index in [-0.39, 0.29) is 18.4 Å². The predicted octanol–water partition coefficient (Wildman–Crippen LogP) is 2.00. The van der Waals surface area contributed by atoms with Gasteiger partial charge in [-0.05, 0) is 46.1 Å². The molecule has 2 atom stereocenters. The molecule has 0 bridgehead atoms. The zero-order valence-corrected chi connectivity index (χ0v) is 16.2. The molecule has 23 heavy (non-hydrogen) atoms. The van der Waals surface area contributed by atoms with Crippen LogP contribution in [0, 0.1) is 19.8 Å². The van der Waals surface area contributed by atoms with E-state index in [2.05, 4.69) is 35.9 Å². The van der Waals surface area contributed by atoms with Crippen LogP contribution in [0.1, 0.15) is 45.0 Å². The molecule has 6 nitrogen and oxygen atoms in total. The lowest BCUT2D eigenvalue weighted by Crippen LogP contribution is -2.46. The van der Waals surface area contributed by atoms with Gasteiger partial charge in [0.1, 0.15) is 4.90 Å². The molecule has 1 saturated heterocycles. The second-order valence-corrected chi connectivity index (χ2v) is 8.42. The monoisotopic (exact) mass is 364 g/mol. The molecule has 0 aliphatic carbocycles. The van der Waals surface area contributed by atoms with Crippen molar-refractivity contribution in [2.24, 2.45) is 5.92 Å². The maximum atomic E-state index is 12.8. The van der Waals surface area contributed by atoms with Gasteiger partial charge in [0.05, 0.1) is 11.4 Å². The molecule has 1 aliphatic rings. The number of piperidine rings is 1. The Hall–Kier alpha value is -0.630. The Labute approximate surface area is 145 Å². The average Bonchev–Trinajstić information content (AvgIpc) is 2.63. The number of sulfonamides is 1. The molecule has 2 N–H and O–H groups in total. The Kier molecular flexibility index (Phi) is 7.07. The lowest BCUT2D eigenvalue weighted by Gasteiger charge is -2.28. The number of aromatic nitrogens is 2. The Morgan fingerprint density at radius 1 is 1.39 bits per heavy atom. The summed E-state index contributed by atoms with van der Waals surface area (Å²) in [5.41, 5.74) is 1.30. The van der Waals surface area contributed by atoms with Crippen LogP contribution in [0.15, 0.2) is 4.90 Å². The number of rotatable bonds is 5. The summed E-state index contributed by atoms with van der Waals surface area (Å²) in [4.78, 5) is 0.347. The van der Waals surface area contributed by atoms with Crippen LogP contribution < -0.4 is 10.0 Å². The third-order valence-electron chi connectivity index (χ3n) is 4.07. The zero-order valence-electron chi connectivity index (χ0n) is 14.6. The van der Waals surface area contributed by atoms with Gasteiger partial charge in [-0.3, -0.25) is 4.68 Å². The molecule has 1 aromatic heterocycles. The van der Waals surface area contributed by atoms with Crippen molar-refractivity contribution in [1.29, 1.82) is 0 Å². The molecular weight excluding hydrogens is 336 g/mol. The molecule has 8 heteroatoms. The van der Waals surface area contributed by atoms with Crippen LogP contribution in [0.25, 0.3) is 0 Å². The van der Waals surface area contributed by atoms with Crippen LogP contribution >= 0.6 is 12.4 Å². The molecule has 1 aromatic rings. The first-order valence-corrected chi connectivity index (χ1v) is 9.48. The van der Waals surface area contributed by atoms with Crippen molar-refractivity contribution in [3.8, 4) is 0 Å². The van der Waals surface area contributed by atoms with Crippen molar-refractivity contribution in [3.63, 3.8) is 0 Å². The highest BCUT2D eigenvalue weighted by Crippen LogP contribution is 2.22. The van der Waals surface area contributed by atoms with Gasteiger partial charge in [0.15, 0.2) is 0 Å². The molecular formula is C15H29ClN4O2S. The molecule has 2 heterocycles. The fourth-order valence-electron chi connectivity index (χ4n) is 3.11. The Bertz CT molecular complexity index is 628. The Balaban J connectivity index is 0.00000264. The second-order valence-electron chi connectivity index (χ2n) is 6.77. The van der Waals surface area contributed by atoms with Gasteiger partial charge in [0.25, 0.3) is 0 Å². The van der Waals surface area contributed by atoms with E-state index in [1.807, 2.05) is 6.92 Å². The van der Waals surface area contributed by atoms with Gasteiger partial charge in [-0.25, -0.2) is 13.1 Å². The Morgan fingerprint density at radius 3 is 2.61 bits per heavy atom. The zero-order chi connectivity index (χ0) is 16.5. The second kappa shape index (κ2) is 7.96. The van der Waals surface area contributed by atoms with Gasteiger partial charge in [-0.15, -0.1) is 12.4 Å². The van der Waals surface area contributed by atoms with Gasteiger partial charge in [0, 0.05) is 18.6 Å². The van der Waals surface area contributed by atoms with E-state index >= 15 is 0 Å². The highest BCUT2D eigenvalue weighted by atomic mass is 35.5. The fraction of sp³-hybridized carbons (Fsp3) is 0.800. The van der Waals surface area contributed by atoms with E-state index < -0.39 is 10.0 Å². The number of nitrogens with zero attached hydrogens (tertiary/aromatic N) is 2. The minimum Gasteiger partial charge on any atom is -0.314 e. The van der Waals surface area contributed by atoms with Gasteiger partial charge in [-0.2, -0.15) is 5.10 Å². The lowest BCUT2D eigenvalue weighted by atomic mass is 10.0. The highest BCUT2D eigenvalue weighted by Gasteiger charge is 2.29. The third kappa shape index (κ3) is 4.92. The minimum atomic E-state index is -3.52. The SMILES string of the molecule is Cc1nn(CC(C)C)c(C)c1S(=O)(=O)NC1CCNC(C)C1.Cl. The number of hydrogen-bond donors (Lipinski definition) is 2. The third-order valence-corrected chi connectivity index (χ3v) is 5.84. The minimum absolute atomic E-state index is 0. The summed E-state index contributed by atoms with van der Waals surface area (Å²) in [6.07, 6.45) is 1.64. The van der Waals surface area contributed by atoms with Crippen LogP contribution in [0.4, 0.5) is 0 Å². The standard InChI is InChI=1S/C15H28N4O2S.ClH/c1-10(2)9-19-13(5)15(12(4)17-19)22(20,21)18-14-6-7-16-11(3)8-14;/h10-11,14,16,18H,6-9H2,1-5H3;1H. The molecule has 0 aromatic carbocycles. The molecule has 1 aliphatic heterocycles. The average molecular weight is 365 g/mol. The van der Waals surface area contributed by atoms with Crippen molar-refractivity contribution in [2.75, 3.05) is 6.54 Å². The summed E-state index contributed by atoms with van der Waals surface area (Å²) in [7, 11) is -3.52. The van der Waals surface area contributed by atoms with Crippen molar-refractivity contribution in [3.05, 3.63) is 11.4 Å². The lowest BCUT2D eigenvalue weighted by molar-refractivity contribution is 0.361. The molecule has 0 amide bonds. The largest absolute Gasteiger partial charge is 0.314 e. The number of aryl methyl sites for hydroxylation is 1. The molecule has 2 unspecified atom stereocenters. The fourth-order valence-corrected chi connectivity index (χ4v) is 4.81. The van der Waals surface area contributed by atoms with E-state index in [0.29, 0.717) is 22.5 Å². The van der Waals surface area contributed by atoms with Crippen LogP contribution in [0.5, 0.6) is 0 Å². The topological polar surface area (TPSA) is 76.0 Å². The maximum absolute atomic E-state index is 12.8. The molecule has 0 radical (unpaired) electrons. The first-order chi connectivity index (χ1) is 10.2. The molecule has 134 valence electrons. The summed E-state index contributed by atoms with van der Waals surface area (Å²) >= 11 is 0. The van der Waals surface area contributed by atoms with E-state index in [9.17, 15) is 8.42 Å². The first kappa shape index (κ1) is 20.4. The van der Waals surface area contributed by atoms with Crippen LogP contribution in [-0.2, 0) is 16.6 Å². The number of nitrogens with one attached hydrogen (secondary N) is 2. The molecule has 0 saturated carbocycles. The van der Waals surface area contributed by atoms with Crippen molar-refractivity contribution < 1.29 is 8.42 Å². The summed E-state index contributed by atoms with van der Waals surface area (Å²) < 4.78 is 30.2. The summed E-state index contributed by atoms with van der Waals surface area (Å²) in [5.74, 6) is 0.423. The molecule has 2 rings (SSSR count). The van der Waals surface area contributed by atoms with E-state index in [1.165, 1.54) is 0 Å². The van der Waals surface area contributed by atoms with Gasteiger partial charge >= 0.3 is 0 Å². The van der Waals surface area contributed by atoms with Crippen molar-refractivity contribution in [2.45, 2.75) is 71.0 Å². The van der Waals surface area contributed by atoms with Crippen LogP contribution in [-0.4, -0.2) is 36.8 Å². The molecule has 1 fully saturated rings. The summed E-state index contributed by atoms with van der Waals surface area (Å²) in [6.45, 7) is 11.5. The normalized spacial score (nSPS) is 22.2. The highest BCUT2D eigenvalue weighted by molar-refractivity contribution is 7.89. The quantitative estimate of drug-likeness (QED) is 0.837. The van der Waals surface area contributed by atoms with Gasteiger partial charge < -0.3 is 5.32 Å². The van der Waals surface area contributed by atoms with E-state index in [4.69, 9.17) is 0 Å². The molecule has 0 spiro atoms. The number of hydrogen-bond acceptors (Lipinski definition) is 4. The van der Waals surface area contributed by atoms with Crippen LogP contribution in [0.3, 0.4) is 0 Å². The summed E-state index contributed by atoms with van der Waals surface area (Å²) in [6, 6.07) is 0.334. The smallest absolute Gasteiger partial charge is 0.244 e. The maximum Gasteiger partial charge on any atom is 0.244 e. The number of halogens is 1. The van der Waals surface area contributed by atoms with Gasteiger partial charge in [-0.1, -0.05) is 13.8 Å². The Morgan fingerprint density at radius 2 is 2.04 bits per heavy atom. The van der Waals surface area contributed by atoms with E-state index in [1.54, 1.807) is 11.6 Å².